The fraction of sp³-hybridized carbons (Fsp3) is 0.750. The lowest BCUT2D eigenvalue weighted by Crippen LogP contribution is -2.31. The van der Waals surface area contributed by atoms with Crippen LogP contribution in [0.3, 0.4) is 0 Å². The van der Waals surface area contributed by atoms with Gasteiger partial charge >= 0.3 is 0 Å². The number of ether oxygens (including phenoxy) is 1. The van der Waals surface area contributed by atoms with E-state index in [4.69, 9.17) is 4.74 Å². The molecule has 2 rings (SSSR count). The summed E-state index contributed by atoms with van der Waals surface area (Å²) >= 11 is 0. The minimum absolute atomic E-state index is 0.425. The molecule has 90 valence electrons. The van der Waals surface area contributed by atoms with Gasteiger partial charge in [-0.2, -0.15) is 0 Å². The van der Waals surface area contributed by atoms with Gasteiger partial charge in [-0.15, -0.1) is 0 Å². The highest BCUT2D eigenvalue weighted by Crippen LogP contribution is 2.26. The Bertz CT molecular complexity index is 297. The second-order valence-electron chi connectivity index (χ2n) is 4.84. The molecule has 16 heavy (non-hydrogen) atoms. The molecule has 0 aromatic carbocycles. The number of nitrogens with zero attached hydrogens (tertiary/aromatic N) is 1. The summed E-state index contributed by atoms with van der Waals surface area (Å²) in [7, 11) is 0. The Morgan fingerprint density at radius 1 is 1.62 bits per heavy atom. The summed E-state index contributed by atoms with van der Waals surface area (Å²) in [6.07, 6.45) is 5.18. The van der Waals surface area contributed by atoms with Crippen molar-refractivity contribution in [2.75, 3.05) is 13.2 Å². The Morgan fingerprint density at radius 3 is 3.19 bits per heavy atom. The Morgan fingerprint density at radius 2 is 2.50 bits per heavy atom. The zero-order valence-electron chi connectivity index (χ0n) is 10.1. The first-order valence-electron chi connectivity index (χ1n) is 6.07. The molecule has 1 fully saturated rings. The van der Waals surface area contributed by atoms with Crippen molar-refractivity contribution in [2.45, 2.75) is 32.9 Å². The van der Waals surface area contributed by atoms with E-state index in [-0.39, 0.29) is 0 Å². The number of aromatic nitrogens is 2. The highest BCUT2D eigenvalue weighted by Gasteiger charge is 2.29. The van der Waals surface area contributed by atoms with Gasteiger partial charge in [0.15, 0.2) is 0 Å². The molecule has 4 heteroatoms. The molecule has 2 unspecified atom stereocenters. The van der Waals surface area contributed by atoms with Crippen LogP contribution in [0.2, 0.25) is 0 Å². The maximum Gasteiger partial charge on any atom is 0.0922 e. The number of hydrogen-bond donors (Lipinski definition) is 2. The summed E-state index contributed by atoms with van der Waals surface area (Å²) < 4.78 is 5.75. The average Bonchev–Trinajstić information content (AvgIpc) is 2.87. The van der Waals surface area contributed by atoms with Gasteiger partial charge in [0.2, 0.25) is 0 Å². The molecule has 4 nitrogen and oxygen atoms in total. The molecule has 0 bridgehead atoms. The molecule has 2 heterocycles. The summed E-state index contributed by atoms with van der Waals surface area (Å²) in [5.41, 5.74) is 1.14. The molecule has 1 aliphatic heterocycles. The van der Waals surface area contributed by atoms with Gasteiger partial charge in [0.1, 0.15) is 0 Å². The van der Waals surface area contributed by atoms with Crippen molar-refractivity contribution in [3.8, 4) is 0 Å². The molecular weight excluding hydrogens is 202 g/mol. The normalized spacial score (nSPS) is 25.4. The fourth-order valence-electron chi connectivity index (χ4n) is 2.38. The van der Waals surface area contributed by atoms with Crippen LogP contribution in [0.15, 0.2) is 12.5 Å². The van der Waals surface area contributed by atoms with Crippen LogP contribution in [0.25, 0.3) is 0 Å². The van der Waals surface area contributed by atoms with Crippen LogP contribution in [-0.4, -0.2) is 29.2 Å². The van der Waals surface area contributed by atoms with Gasteiger partial charge in [-0.1, -0.05) is 13.8 Å². The third-order valence-corrected chi connectivity index (χ3v) is 3.20. The van der Waals surface area contributed by atoms with Crippen molar-refractivity contribution in [1.82, 2.24) is 15.3 Å². The second kappa shape index (κ2) is 5.46. The summed E-state index contributed by atoms with van der Waals surface area (Å²) in [6.45, 7) is 7.28. The minimum Gasteiger partial charge on any atom is -0.378 e. The van der Waals surface area contributed by atoms with Crippen LogP contribution in [0.1, 0.15) is 26.0 Å². The predicted octanol–water partition coefficient (Wildman–Crippen LogP) is 1.56. The van der Waals surface area contributed by atoms with E-state index < -0.39 is 0 Å². The molecule has 0 aliphatic carbocycles. The fourth-order valence-corrected chi connectivity index (χ4v) is 2.38. The molecule has 2 N–H and O–H groups in total. The molecule has 0 radical (unpaired) electrons. The number of hydrogen-bond acceptors (Lipinski definition) is 3. The van der Waals surface area contributed by atoms with E-state index in [9.17, 15) is 0 Å². The molecule has 1 saturated heterocycles. The van der Waals surface area contributed by atoms with Gasteiger partial charge in [-0.25, -0.2) is 4.98 Å². The lowest BCUT2D eigenvalue weighted by molar-refractivity contribution is 0.0539. The Balaban J connectivity index is 1.73. The third-order valence-electron chi connectivity index (χ3n) is 3.20. The zero-order chi connectivity index (χ0) is 11.4. The first kappa shape index (κ1) is 11.6. The van der Waals surface area contributed by atoms with Crippen LogP contribution >= 0.6 is 0 Å². The third kappa shape index (κ3) is 2.83. The van der Waals surface area contributed by atoms with E-state index in [1.54, 1.807) is 6.33 Å². The van der Waals surface area contributed by atoms with E-state index in [1.807, 2.05) is 6.20 Å². The monoisotopic (exact) mass is 223 g/mol. The number of imidazole rings is 1. The van der Waals surface area contributed by atoms with Crippen LogP contribution in [0.5, 0.6) is 0 Å². The van der Waals surface area contributed by atoms with Crippen LogP contribution in [0, 0.1) is 11.8 Å². The molecule has 1 aliphatic rings. The van der Waals surface area contributed by atoms with Crippen molar-refractivity contribution in [3.05, 3.63) is 18.2 Å². The van der Waals surface area contributed by atoms with Gasteiger partial charge < -0.3 is 15.0 Å². The highest BCUT2D eigenvalue weighted by molar-refractivity contribution is 4.93. The molecule has 0 amide bonds. The second-order valence-corrected chi connectivity index (χ2v) is 4.84. The summed E-state index contributed by atoms with van der Waals surface area (Å²) in [5, 5.41) is 3.46. The van der Waals surface area contributed by atoms with Gasteiger partial charge in [-0.05, 0) is 18.3 Å². The van der Waals surface area contributed by atoms with Crippen molar-refractivity contribution in [3.63, 3.8) is 0 Å². The van der Waals surface area contributed by atoms with Gasteiger partial charge in [0.25, 0.3) is 0 Å². The molecular formula is C12H21N3O. The lowest BCUT2D eigenvalue weighted by atomic mass is 9.93. The highest BCUT2D eigenvalue weighted by atomic mass is 16.5. The van der Waals surface area contributed by atoms with E-state index in [0.29, 0.717) is 17.9 Å². The average molecular weight is 223 g/mol. The number of rotatable bonds is 5. The van der Waals surface area contributed by atoms with E-state index in [2.05, 4.69) is 29.1 Å². The Kier molecular flexibility index (Phi) is 3.96. The van der Waals surface area contributed by atoms with Crippen molar-refractivity contribution in [2.24, 2.45) is 11.8 Å². The first-order valence-corrected chi connectivity index (χ1v) is 6.07. The van der Waals surface area contributed by atoms with Gasteiger partial charge in [0.05, 0.1) is 12.4 Å². The smallest absolute Gasteiger partial charge is 0.0922 e. The molecule has 0 spiro atoms. The topological polar surface area (TPSA) is 49.9 Å². The zero-order valence-corrected chi connectivity index (χ0v) is 10.1. The largest absolute Gasteiger partial charge is 0.378 e. The quantitative estimate of drug-likeness (QED) is 0.796. The van der Waals surface area contributed by atoms with E-state index in [1.165, 1.54) is 6.42 Å². The van der Waals surface area contributed by atoms with Crippen LogP contribution in [-0.2, 0) is 11.3 Å². The van der Waals surface area contributed by atoms with E-state index >= 15 is 0 Å². The summed E-state index contributed by atoms with van der Waals surface area (Å²) in [4.78, 5) is 7.09. The van der Waals surface area contributed by atoms with Gasteiger partial charge in [0, 0.05) is 31.6 Å². The first-order chi connectivity index (χ1) is 7.77. The van der Waals surface area contributed by atoms with Crippen molar-refractivity contribution < 1.29 is 4.74 Å². The molecule has 1 aromatic rings. The Labute approximate surface area is 96.8 Å². The summed E-state index contributed by atoms with van der Waals surface area (Å²) in [6, 6.07) is 0. The van der Waals surface area contributed by atoms with E-state index in [0.717, 1.165) is 25.4 Å². The minimum atomic E-state index is 0.425. The van der Waals surface area contributed by atoms with Gasteiger partial charge in [-0.3, -0.25) is 0 Å². The lowest BCUT2D eigenvalue weighted by Gasteiger charge is -2.22. The molecule has 0 saturated carbocycles. The maximum absolute atomic E-state index is 5.75. The summed E-state index contributed by atoms with van der Waals surface area (Å²) in [5.74, 6) is 1.27. The van der Waals surface area contributed by atoms with Crippen LogP contribution < -0.4 is 5.32 Å². The van der Waals surface area contributed by atoms with Crippen molar-refractivity contribution >= 4 is 0 Å². The van der Waals surface area contributed by atoms with Crippen LogP contribution in [0.4, 0.5) is 0 Å². The maximum atomic E-state index is 5.75. The molecule has 2 atom stereocenters. The van der Waals surface area contributed by atoms with Crippen molar-refractivity contribution in [1.29, 1.82) is 0 Å². The SMILES string of the molecule is CC(C)C1OCCC1CNCc1cnc[nH]1. The number of H-pyrrole nitrogens is 1. The Hall–Kier alpha value is -0.870. The standard InChI is InChI=1S/C12H21N3O/c1-9(2)12-10(3-4-16-12)5-13-6-11-7-14-8-15-11/h7-10,12-13H,3-6H2,1-2H3,(H,14,15). The number of aromatic amines is 1. The predicted molar refractivity (Wildman–Crippen MR) is 63.0 cm³/mol. The number of nitrogens with one attached hydrogen (secondary N) is 2. The molecule has 1 aromatic heterocycles.